The van der Waals surface area contributed by atoms with Gasteiger partial charge >= 0.3 is 6.03 Å². The number of hydrazone groups is 1. The highest BCUT2D eigenvalue weighted by atomic mass is 16.5. The topological polar surface area (TPSA) is 62.7 Å². The number of benzene rings is 3. The summed E-state index contributed by atoms with van der Waals surface area (Å²) < 4.78 is 5.83. The number of nitrogens with one attached hydrogen (secondary N) is 2. The van der Waals surface area contributed by atoms with Crippen LogP contribution in [-0.2, 0) is 12.1 Å². The van der Waals surface area contributed by atoms with Crippen LogP contribution in [0.15, 0.2) is 90.5 Å². The molecule has 0 radical (unpaired) electrons. The second-order valence-corrected chi connectivity index (χ2v) is 8.16. The predicted molar refractivity (Wildman–Crippen MR) is 131 cm³/mol. The molecule has 0 fully saturated rings. The molecule has 5 heteroatoms. The summed E-state index contributed by atoms with van der Waals surface area (Å²) in [6, 6.07) is 25.1. The van der Waals surface area contributed by atoms with Gasteiger partial charge in [-0.05, 0) is 61.2 Å². The third-order valence-electron chi connectivity index (χ3n) is 4.99. The first kappa shape index (κ1) is 22.8. The van der Waals surface area contributed by atoms with Crippen molar-refractivity contribution in [1.29, 1.82) is 0 Å². The number of ether oxygens (including phenoxy) is 1. The van der Waals surface area contributed by atoms with Crippen molar-refractivity contribution < 1.29 is 9.53 Å². The van der Waals surface area contributed by atoms with Crippen LogP contribution >= 0.6 is 0 Å². The molecule has 0 aliphatic heterocycles. The Kier molecular flexibility index (Phi) is 7.45. The molecule has 164 valence electrons. The van der Waals surface area contributed by atoms with Crippen LogP contribution in [0, 0.1) is 0 Å². The third-order valence-corrected chi connectivity index (χ3v) is 4.99. The van der Waals surface area contributed by atoms with Crippen molar-refractivity contribution in [3.63, 3.8) is 0 Å². The van der Waals surface area contributed by atoms with Crippen LogP contribution < -0.4 is 15.5 Å². The summed E-state index contributed by atoms with van der Waals surface area (Å²) >= 11 is 0. The van der Waals surface area contributed by atoms with E-state index in [1.165, 1.54) is 0 Å². The van der Waals surface area contributed by atoms with Crippen LogP contribution in [0.25, 0.3) is 5.57 Å². The molecule has 32 heavy (non-hydrogen) atoms. The Hall–Kier alpha value is -3.86. The summed E-state index contributed by atoms with van der Waals surface area (Å²) in [6.45, 7) is 10.3. The van der Waals surface area contributed by atoms with E-state index in [-0.39, 0.29) is 6.03 Å². The summed E-state index contributed by atoms with van der Waals surface area (Å²) in [4.78, 5) is 12.4. The van der Waals surface area contributed by atoms with Crippen molar-refractivity contribution in [2.45, 2.75) is 32.9 Å². The SMILES string of the molecule is C=C(C)c1cccc(C(C)(C)NC(=O)NN=Cc2cccc(OCc3ccccc3)c2)c1. The maximum atomic E-state index is 12.4. The van der Waals surface area contributed by atoms with E-state index in [1.54, 1.807) is 6.21 Å². The first-order chi connectivity index (χ1) is 15.3. The lowest BCUT2D eigenvalue weighted by Crippen LogP contribution is -2.45. The maximum absolute atomic E-state index is 12.4. The molecule has 0 atom stereocenters. The minimum Gasteiger partial charge on any atom is -0.489 e. The molecule has 2 amide bonds. The molecule has 3 rings (SSSR count). The van der Waals surface area contributed by atoms with E-state index in [0.29, 0.717) is 6.61 Å². The summed E-state index contributed by atoms with van der Waals surface area (Å²) in [7, 11) is 0. The van der Waals surface area contributed by atoms with Crippen molar-refractivity contribution in [2.24, 2.45) is 5.10 Å². The Morgan fingerprint density at radius 1 is 1.03 bits per heavy atom. The van der Waals surface area contributed by atoms with E-state index in [4.69, 9.17) is 4.74 Å². The molecule has 2 N–H and O–H groups in total. The van der Waals surface area contributed by atoms with Crippen molar-refractivity contribution in [3.05, 3.63) is 108 Å². The number of rotatable bonds is 8. The minimum absolute atomic E-state index is 0.386. The Balaban J connectivity index is 1.55. The summed E-state index contributed by atoms with van der Waals surface area (Å²) in [6.07, 6.45) is 1.59. The van der Waals surface area contributed by atoms with Gasteiger partial charge in [-0.25, -0.2) is 10.2 Å². The zero-order chi connectivity index (χ0) is 23.0. The number of allylic oxidation sites excluding steroid dienone is 1. The average molecular weight is 428 g/mol. The van der Waals surface area contributed by atoms with Crippen molar-refractivity contribution >= 4 is 17.8 Å². The highest BCUT2D eigenvalue weighted by Gasteiger charge is 2.23. The van der Waals surface area contributed by atoms with Gasteiger partial charge in [0, 0.05) is 0 Å². The number of hydrogen-bond donors (Lipinski definition) is 2. The van der Waals surface area contributed by atoms with Crippen LogP contribution in [0.4, 0.5) is 4.79 Å². The number of hydrogen-bond acceptors (Lipinski definition) is 3. The highest BCUT2D eigenvalue weighted by Crippen LogP contribution is 2.23. The second kappa shape index (κ2) is 10.4. The molecule has 0 aromatic heterocycles. The first-order valence-electron chi connectivity index (χ1n) is 10.5. The zero-order valence-electron chi connectivity index (χ0n) is 18.8. The first-order valence-corrected chi connectivity index (χ1v) is 10.5. The van der Waals surface area contributed by atoms with Crippen molar-refractivity contribution in [3.8, 4) is 5.75 Å². The van der Waals surface area contributed by atoms with Gasteiger partial charge in [0.2, 0.25) is 0 Å². The smallest absolute Gasteiger partial charge is 0.335 e. The molecular formula is C27H29N3O2. The molecule has 0 spiro atoms. The molecule has 0 saturated heterocycles. The Morgan fingerprint density at radius 3 is 2.53 bits per heavy atom. The number of amides is 2. The molecule has 3 aromatic rings. The molecule has 0 aliphatic rings. The van der Waals surface area contributed by atoms with E-state index in [9.17, 15) is 4.79 Å². The molecule has 5 nitrogen and oxygen atoms in total. The Labute approximate surface area is 189 Å². The normalized spacial score (nSPS) is 11.2. The monoisotopic (exact) mass is 427 g/mol. The van der Waals surface area contributed by atoms with Gasteiger partial charge in [0.05, 0.1) is 11.8 Å². The fraction of sp³-hybridized carbons (Fsp3) is 0.185. The quantitative estimate of drug-likeness (QED) is 0.349. The second-order valence-electron chi connectivity index (χ2n) is 8.16. The molecule has 0 unspecified atom stereocenters. The van der Waals surface area contributed by atoms with Gasteiger partial charge in [-0.3, -0.25) is 0 Å². The van der Waals surface area contributed by atoms with Gasteiger partial charge in [-0.15, -0.1) is 0 Å². The Bertz CT molecular complexity index is 1100. The molecular weight excluding hydrogens is 398 g/mol. The number of carbonyl (C=O) groups excluding carboxylic acids is 1. The summed E-state index contributed by atoms with van der Waals surface area (Å²) in [5, 5.41) is 7.02. The highest BCUT2D eigenvalue weighted by molar-refractivity contribution is 5.82. The third kappa shape index (κ3) is 6.57. The molecule has 0 aliphatic carbocycles. The van der Waals surface area contributed by atoms with E-state index in [0.717, 1.165) is 33.6 Å². The molecule has 0 bridgehead atoms. The van der Waals surface area contributed by atoms with Gasteiger partial charge in [-0.1, -0.05) is 72.8 Å². The number of nitrogens with zero attached hydrogens (tertiary/aromatic N) is 1. The summed E-state index contributed by atoms with van der Waals surface area (Å²) in [5.41, 5.74) is 6.89. The van der Waals surface area contributed by atoms with E-state index < -0.39 is 5.54 Å². The van der Waals surface area contributed by atoms with Crippen LogP contribution in [0.5, 0.6) is 5.75 Å². The van der Waals surface area contributed by atoms with Crippen LogP contribution in [-0.4, -0.2) is 12.2 Å². The van der Waals surface area contributed by atoms with Crippen molar-refractivity contribution in [1.82, 2.24) is 10.7 Å². The largest absolute Gasteiger partial charge is 0.489 e. The average Bonchev–Trinajstić information content (AvgIpc) is 2.78. The maximum Gasteiger partial charge on any atom is 0.335 e. The van der Waals surface area contributed by atoms with Crippen LogP contribution in [0.1, 0.15) is 43.0 Å². The van der Waals surface area contributed by atoms with Gasteiger partial charge in [0.25, 0.3) is 0 Å². The minimum atomic E-state index is -0.573. The lowest BCUT2D eigenvalue weighted by Gasteiger charge is -2.27. The molecule has 3 aromatic carbocycles. The number of carbonyl (C=O) groups is 1. The lowest BCUT2D eigenvalue weighted by atomic mass is 9.92. The standard InChI is InChI=1S/C27H29N3O2/c1-20(2)23-13-9-14-24(17-23)27(3,4)29-26(31)30-28-18-22-12-8-15-25(16-22)32-19-21-10-6-5-7-11-21/h5-18H,1,19H2,2-4H3,(H2,29,30,31). The predicted octanol–water partition coefficient (Wildman–Crippen LogP) is 5.87. The van der Waals surface area contributed by atoms with E-state index in [2.05, 4.69) is 22.4 Å². The van der Waals surface area contributed by atoms with Crippen LogP contribution in [0.3, 0.4) is 0 Å². The lowest BCUT2D eigenvalue weighted by molar-refractivity contribution is 0.230. The van der Waals surface area contributed by atoms with E-state index >= 15 is 0 Å². The number of urea groups is 1. The van der Waals surface area contributed by atoms with E-state index in [1.807, 2.05) is 99.6 Å². The fourth-order valence-corrected chi connectivity index (χ4v) is 3.15. The van der Waals surface area contributed by atoms with Gasteiger partial charge < -0.3 is 10.1 Å². The van der Waals surface area contributed by atoms with Crippen LogP contribution in [0.2, 0.25) is 0 Å². The molecule has 0 saturated carbocycles. The van der Waals surface area contributed by atoms with Gasteiger partial charge in [0.1, 0.15) is 12.4 Å². The van der Waals surface area contributed by atoms with Gasteiger partial charge in [0.15, 0.2) is 0 Å². The Morgan fingerprint density at radius 2 is 1.78 bits per heavy atom. The van der Waals surface area contributed by atoms with Gasteiger partial charge in [-0.2, -0.15) is 5.10 Å². The fourth-order valence-electron chi connectivity index (χ4n) is 3.15. The molecule has 0 heterocycles. The summed E-state index contributed by atoms with van der Waals surface area (Å²) in [5.74, 6) is 0.737. The van der Waals surface area contributed by atoms with Crippen molar-refractivity contribution in [2.75, 3.05) is 0 Å². The zero-order valence-corrected chi connectivity index (χ0v) is 18.8.